The van der Waals surface area contributed by atoms with Crippen LogP contribution in [0.3, 0.4) is 0 Å². The summed E-state index contributed by atoms with van der Waals surface area (Å²) in [7, 11) is 0. The molecule has 0 fully saturated rings. The van der Waals surface area contributed by atoms with Crippen LogP contribution in [0.4, 0.5) is 4.39 Å². The summed E-state index contributed by atoms with van der Waals surface area (Å²) >= 11 is 7.25. The van der Waals surface area contributed by atoms with E-state index >= 15 is 0 Å². The normalized spacial score (nSPS) is 12.5. The van der Waals surface area contributed by atoms with Gasteiger partial charge < -0.3 is 0 Å². The number of rotatable bonds is 3. The molecule has 0 nitrogen and oxygen atoms in total. The van der Waals surface area contributed by atoms with Gasteiger partial charge in [0.15, 0.2) is 0 Å². The molecule has 3 heteroatoms. The molecule has 0 heterocycles. The minimum Gasteiger partial charge on any atom is -0.206 e. The van der Waals surface area contributed by atoms with Crippen LogP contribution < -0.4 is 0 Å². The highest BCUT2D eigenvalue weighted by molar-refractivity contribution is 9.10. The van der Waals surface area contributed by atoms with Crippen LogP contribution in [-0.2, 0) is 6.42 Å². The zero-order valence-corrected chi connectivity index (χ0v) is 14.4. The van der Waals surface area contributed by atoms with E-state index in [0.717, 1.165) is 21.8 Å². The van der Waals surface area contributed by atoms with Gasteiger partial charge in [0.25, 0.3) is 0 Å². The SMILES string of the molecule is Fc1ccc(C(Br)Cc2cccc(Br)c2)c2ccccc12. The highest BCUT2D eigenvalue weighted by atomic mass is 79.9. The molecule has 106 valence electrons. The number of alkyl halides is 1. The van der Waals surface area contributed by atoms with Gasteiger partial charge in [-0.25, -0.2) is 4.39 Å². The lowest BCUT2D eigenvalue weighted by molar-refractivity contribution is 0.639. The molecule has 0 spiro atoms. The third-order valence-corrected chi connectivity index (χ3v) is 4.86. The molecule has 0 saturated heterocycles. The molecule has 0 aliphatic carbocycles. The molecule has 0 N–H and O–H groups in total. The molecule has 0 amide bonds. The molecule has 0 aliphatic rings. The minimum absolute atomic E-state index is 0.150. The fourth-order valence-electron chi connectivity index (χ4n) is 2.54. The van der Waals surface area contributed by atoms with Crippen molar-refractivity contribution in [1.29, 1.82) is 0 Å². The lowest BCUT2D eigenvalue weighted by Gasteiger charge is -2.14. The van der Waals surface area contributed by atoms with Crippen LogP contribution in [0.15, 0.2) is 65.1 Å². The zero-order chi connectivity index (χ0) is 14.8. The van der Waals surface area contributed by atoms with Crippen LogP contribution >= 0.6 is 31.9 Å². The van der Waals surface area contributed by atoms with Crippen molar-refractivity contribution >= 4 is 42.6 Å². The van der Waals surface area contributed by atoms with Crippen molar-refractivity contribution in [2.24, 2.45) is 0 Å². The van der Waals surface area contributed by atoms with Gasteiger partial charge in [-0.3, -0.25) is 0 Å². The Labute approximate surface area is 140 Å². The average Bonchev–Trinajstić information content (AvgIpc) is 2.48. The fourth-order valence-corrected chi connectivity index (χ4v) is 3.76. The van der Waals surface area contributed by atoms with E-state index in [0.29, 0.717) is 5.39 Å². The molecule has 21 heavy (non-hydrogen) atoms. The topological polar surface area (TPSA) is 0 Å². The lowest BCUT2D eigenvalue weighted by atomic mass is 9.98. The van der Waals surface area contributed by atoms with Gasteiger partial charge in [-0.1, -0.05) is 74.3 Å². The Morgan fingerprint density at radius 2 is 1.67 bits per heavy atom. The van der Waals surface area contributed by atoms with Crippen LogP contribution in [0.25, 0.3) is 10.8 Å². The van der Waals surface area contributed by atoms with Crippen molar-refractivity contribution in [3.05, 3.63) is 82.1 Å². The largest absolute Gasteiger partial charge is 0.206 e. The summed E-state index contributed by atoms with van der Waals surface area (Å²) in [6, 6.07) is 19.3. The van der Waals surface area contributed by atoms with E-state index in [1.807, 2.05) is 42.5 Å². The first-order valence-electron chi connectivity index (χ1n) is 6.71. The van der Waals surface area contributed by atoms with Crippen molar-refractivity contribution < 1.29 is 4.39 Å². The summed E-state index contributed by atoms with van der Waals surface area (Å²) in [5.41, 5.74) is 2.35. The van der Waals surface area contributed by atoms with Gasteiger partial charge in [-0.15, -0.1) is 0 Å². The van der Waals surface area contributed by atoms with Crippen LogP contribution in [0.5, 0.6) is 0 Å². The predicted molar refractivity (Wildman–Crippen MR) is 93.4 cm³/mol. The smallest absolute Gasteiger partial charge is 0.131 e. The van der Waals surface area contributed by atoms with Gasteiger partial charge in [0.05, 0.1) is 0 Å². The van der Waals surface area contributed by atoms with Crippen LogP contribution in [0, 0.1) is 5.82 Å². The lowest BCUT2D eigenvalue weighted by Crippen LogP contribution is -1.97. The van der Waals surface area contributed by atoms with E-state index in [1.54, 1.807) is 6.07 Å². The first kappa shape index (κ1) is 14.7. The number of benzene rings is 3. The van der Waals surface area contributed by atoms with E-state index in [1.165, 1.54) is 5.56 Å². The Balaban J connectivity index is 1.98. The standard InChI is InChI=1S/C18H13Br2F/c19-13-5-3-4-12(10-13)11-17(20)15-8-9-18(21)16-7-2-1-6-14(15)16/h1-10,17H,11H2. The minimum atomic E-state index is -0.170. The van der Waals surface area contributed by atoms with Crippen molar-refractivity contribution in [3.63, 3.8) is 0 Å². The molecular weight excluding hydrogens is 395 g/mol. The van der Waals surface area contributed by atoms with Crippen molar-refractivity contribution in [3.8, 4) is 0 Å². The molecule has 1 atom stereocenters. The highest BCUT2D eigenvalue weighted by Crippen LogP contribution is 2.34. The monoisotopic (exact) mass is 406 g/mol. The van der Waals surface area contributed by atoms with E-state index in [-0.39, 0.29) is 10.6 Å². The Kier molecular flexibility index (Phi) is 4.41. The molecule has 1 unspecified atom stereocenters. The molecule has 0 radical (unpaired) electrons. The van der Waals surface area contributed by atoms with Crippen LogP contribution in [0.1, 0.15) is 16.0 Å². The maximum atomic E-state index is 13.9. The second kappa shape index (κ2) is 6.29. The van der Waals surface area contributed by atoms with E-state index in [9.17, 15) is 4.39 Å². The molecule has 3 aromatic carbocycles. The molecule has 0 aromatic heterocycles. The number of hydrogen-bond donors (Lipinski definition) is 0. The van der Waals surface area contributed by atoms with Crippen LogP contribution in [-0.4, -0.2) is 0 Å². The number of fused-ring (bicyclic) bond motifs is 1. The molecule has 3 rings (SSSR count). The van der Waals surface area contributed by atoms with Crippen LogP contribution in [0.2, 0.25) is 0 Å². The second-order valence-electron chi connectivity index (χ2n) is 4.98. The van der Waals surface area contributed by atoms with E-state index in [2.05, 4.69) is 44.0 Å². The van der Waals surface area contributed by atoms with Gasteiger partial charge in [-0.2, -0.15) is 0 Å². The Morgan fingerprint density at radius 3 is 2.43 bits per heavy atom. The molecule has 0 bridgehead atoms. The average molecular weight is 408 g/mol. The van der Waals surface area contributed by atoms with Gasteiger partial charge in [-0.05, 0) is 41.1 Å². The second-order valence-corrected chi connectivity index (χ2v) is 7.00. The third kappa shape index (κ3) is 3.19. The van der Waals surface area contributed by atoms with Crippen molar-refractivity contribution in [2.75, 3.05) is 0 Å². The summed E-state index contributed by atoms with van der Waals surface area (Å²) in [4.78, 5) is 0.150. The fraction of sp³-hybridized carbons (Fsp3) is 0.111. The Morgan fingerprint density at radius 1 is 0.905 bits per heavy atom. The summed E-state index contributed by atoms with van der Waals surface area (Å²) in [6.45, 7) is 0. The Hall–Kier alpha value is -1.19. The quantitative estimate of drug-likeness (QED) is 0.439. The van der Waals surface area contributed by atoms with Gasteiger partial charge in [0, 0.05) is 14.7 Å². The van der Waals surface area contributed by atoms with Gasteiger partial charge >= 0.3 is 0 Å². The highest BCUT2D eigenvalue weighted by Gasteiger charge is 2.13. The molecule has 0 saturated carbocycles. The molecule has 0 aliphatic heterocycles. The summed E-state index contributed by atoms with van der Waals surface area (Å²) in [5.74, 6) is -0.170. The van der Waals surface area contributed by atoms with Crippen molar-refractivity contribution in [1.82, 2.24) is 0 Å². The third-order valence-electron chi connectivity index (χ3n) is 3.55. The maximum absolute atomic E-state index is 13.9. The summed E-state index contributed by atoms with van der Waals surface area (Å²) in [5, 5.41) is 1.64. The summed E-state index contributed by atoms with van der Waals surface area (Å²) in [6.07, 6.45) is 0.856. The number of hydrogen-bond acceptors (Lipinski definition) is 0. The first-order valence-corrected chi connectivity index (χ1v) is 8.41. The molecular formula is C18H13Br2F. The first-order chi connectivity index (χ1) is 10.1. The zero-order valence-electron chi connectivity index (χ0n) is 11.2. The van der Waals surface area contributed by atoms with Gasteiger partial charge in [0.1, 0.15) is 5.82 Å². The summed E-state index contributed by atoms with van der Waals surface area (Å²) < 4.78 is 15.0. The predicted octanol–water partition coefficient (Wildman–Crippen LogP) is 6.42. The maximum Gasteiger partial charge on any atom is 0.131 e. The Bertz CT molecular complexity index is 783. The van der Waals surface area contributed by atoms with E-state index in [4.69, 9.17) is 0 Å². The van der Waals surface area contributed by atoms with Gasteiger partial charge in [0.2, 0.25) is 0 Å². The molecule has 3 aromatic rings. The number of halogens is 3. The van der Waals surface area contributed by atoms with Crippen molar-refractivity contribution in [2.45, 2.75) is 11.2 Å². The van der Waals surface area contributed by atoms with E-state index < -0.39 is 0 Å².